The van der Waals surface area contributed by atoms with Crippen molar-refractivity contribution in [2.45, 2.75) is 0 Å². The van der Waals surface area contributed by atoms with E-state index in [1.54, 1.807) is 0 Å². The number of hydrogen-bond acceptors (Lipinski definition) is 3. The van der Waals surface area contributed by atoms with Gasteiger partial charge < -0.3 is 5.32 Å². The first-order chi connectivity index (χ1) is 10.2. The van der Waals surface area contributed by atoms with Crippen LogP contribution in [0, 0.1) is 11.6 Å². The molecule has 0 radical (unpaired) electrons. The van der Waals surface area contributed by atoms with Crippen LogP contribution in [-0.2, 0) is 4.79 Å². The lowest BCUT2D eigenvalue weighted by Gasteiger charge is -2.04. The minimum Gasteiger partial charge on any atom is -0.376 e. The second-order valence-corrected chi connectivity index (χ2v) is 4.15. The second-order valence-electron chi connectivity index (χ2n) is 4.15. The first-order valence-electron chi connectivity index (χ1n) is 6.21. The van der Waals surface area contributed by atoms with E-state index in [0.29, 0.717) is 0 Å². The van der Waals surface area contributed by atoms with Crippen LogP contribution in [0.5, 0.6) is 0 Å². The normalized spacial score (nSPS) is 10.6. The van der Waals surface area contributed by atoms with Crippen LogP contribution in [-0.4, -0.2) is 18.7 Å². The van der Waals surface area contributed by atoms with Crippen molar-refractivity contribution in [2.75, 3.05) is 11.9 Å². The summed E-state index contributed by atoms with van der Waals surface area (Å²) in [4.78, 5) is 11.5. The monoisotopic (exact) mass is 289 g/mol. The van der Waals surface area contributed by atoms with Crippen LogP contribution < -0.4 is 10.7 Å². The third-order valence-electron chi connectivity index (χ3n) is 2.61. The Kier molecular flexibility index (Phi) is 4.98. The molecule has 0 heterocycles. The first-order valence-corrected chi connectivity index (χ1v) is 6.21. The molecule has 108 valence electrons. The van der Waals surface area contributed by atoms with E-state index >= 15 is 0 Å². The molecule has 0 aliphatic carbocycles. The van der Waals surface area contributed by atoms with Gasteiger partial charge in [0.1, 0.15) is 11.6 Å². The number of anilines is 1. The van der Waals surface area contributed by atoms with Gasteiger partial charge in [-0.05, 0) is 24.3 Å². The summed E-state index contributed by atoms with van der Waals surface area (Å²) < 4.78 is 26.6. The fourth-order valence-corrected chi connectivity index (χ4v) is 1.58. The van der Waals surface area contributed by atoms with Crippen molar-refractivity contribution in [1.82, 2.24) is 5.43 Å². The largest absolute Gasteiger partial charge is 0.376 e. The Balaban J connectivity index is 1.85. The van der Waals surface area contributed by atoms with Gasteiger partial charge in [0.25, 0.3) is 5.91 Å². The number of amides is 1. The predicted molar refractivity (Wildman–Crippen MR) is 77.0 cm³/mol. The minimum atomic E-state index is -0.740. The van der Waals surface area contributed by atoms with E-state index < -0.39 is 17.5 Å². The van der Waals surface area contributed by atoms with Crippen LogP contribution >= 0.6 is 0 Å². The number of hydrogen-bond donors (Lipinski definition) is 2. The smallest absolute Gasteiger partial charge is 0.259 e. The van der Waals surface area contributed by atoms with Crippen molar-refractivity contribution in [3.05, 3.63) is 65.7 Å². The molecule has 0 aliphatic heterocycles. The lowest BCUT2D eigenvalue weighted by atomic mass is 10.2. The molecule has 0 unspecified atom stereocenters. The maximum absolute atomic E-state index is 13.3. The zero-order chi connectivity index (χ0) is 15.1. The maximum atomic E-state index is 13.3. The van der Waals surface area contributed by atoms with Gasteiger partial charge in [-0.25, -0.2) is 14.2 Å². The van der Waals surface area contributed by atoms with Crippen LogP contribution in [0.25, 0.3) is 0 Å². The van der Waals surface area contributed by atoms with Crippen LogP contribution in [0.4, 0.5) is 14.5 Å². The third kappa shape index (κ3) is 4.38. The van der Waals surface area contributed by atoms with Crippen molar-refractivity contribution in [2.24, 2.45) is 5.10 Å². The highest BCUT2D eigenvalue weighted by Crippen LogP contribution is 2.08. The summed E-state index contributed by atoms with van der Waals surface area (Å²) in [6, 6.07) is 12.6. The van der Waals surface area contributed by atoms with Crippen LogP contribution in [0.15, 0.2) is 53.6 Å². The van der Waals surface area contributed by atoms with Crippen molar-refractivity contribution in [3.8, 4) is 0 Å². The van der Waals surface area contributed by atoms with E-state index in [2.05, 4.69) is 15.8 Å². The summed E-state index contributed by atoms with van der Waals surface area (Å²) in [7, 11) is 0. The molecule has 2 aromatic carbocycles. The molecule has 0 atom stereocenters. The van der Waals surface area contributed by atoms with E-state index in [-0.39, 0.29) is 12.1 Å². The summed E-state index contributed by atoms with van der Waals surface area (Å²) in [5.74, 6) is -1.90. The van der Waals surface area contributed by atoms with E-state index in [1.165, 1.54) is 6.07 Å². The highest BCUT2D eigenvalue weighted by atomic mass is 19.1. The molecule has 0 saturated heterocycles. The highest BCUT2D eigenvalue weighted by molar-refractivity contribution is 5.84. The van der Waals surface area contributed by atoms with Gasteiger partial charge in [0.15, 0.2) is 0 Å². The van der Waals surface area contributed by atoms with Gasteiger partial charge in [-0.15, -0.1) is 0 Å². The molecule has 6 heteroatoms. The molecule has 0 aliphatic rings. The molecule has 21 heavy (non-hydrogen) atoms. The molecule has 1 amide bonds. The van der Waals surface area contributed by atoms with Crippen molar-refractivity contribution in [3.63, 3.8) is 0 Å². The lowest BCUT2D eigenvalue weighted by molar-refractivity contribution is -0.119. The van der Waals surface area contributed by atoms with Gasteiger partial charge >= 0.3 is 0 Å². The van der Waals surface area contributed by atoms with Crippen LogP contribution in [0.1, 0.15) is 5.56 Å². The van der Waals surface area contributed by atoms with E-state index in [4.69, 9.17) is 0 Å². The number of carbonyl (C=O) groups is 1. The lowest BCUT2D eigenvalue weighted by Crippen LogP contribution is -2.25. The van der Waals surface area contributed by atoms with Gasteiger partial charge in [0.05, 0.1) is 18.3 Å². The molecule has 0 fully saturated rings. The summed E-state index contributed by atoms with van der Waals surface area (Å²) >= 11 is 0. The SMILES string of the molecule is O=C(CNc1ccccc1)N/N=C\c1c(F)cccc1F. The number of para-hydroxylation sites is 1. The van der Waals surface area contributed by atoms with Gasteiger partial charge in [-0.1, -0.05) is 24.3 Å². The molecular weight excluding hydrogens is 276 g/mol. The Morgan fingerprint density at radius 1 is 1.05 bits per heavy atom. The topological polar surface area (TPSA) is 53.5 Å². The van der Waals surface area contributed by atoms with Crippen LogP contribution in [0.3, 0.4) is 0 Å². The number of benzene rings is 2. The molecule has 0 bridgehead atoms. The molecule has 2 N–H and O–H groups in total. The molecule has 0 saturated carbocycles. The van der Waals surface area contributed by atoms with Gasteiger partial charge in [0.2, 0.25) is 0 Å². The fraction of sp³-hybridized carbons (Fsp3) is 0.0667. The fourth-order valence-electron chi connectivity index (χ4n) is 1.58. The average Bonchev–Trinajstić information content (AvgIpc) is 2.49. The quantitative estimate of drug-likeness (QED) is 0.656. The third-order valence-corrected chi connectivity index (χ3v) is 2.61. The van der Waals surface area contributed by atoms with E-state index in [9.17, 15) is 13.6 Å². The Morgan fingerprint density at radius 3 is 2.38 bits per heavy atom. The Bertz CT molecular complexity index is 624. The van der Waals surface area contributed by atoms with E-state index in [0.717, 1.165) is 24.0 Å². The molecule has 2 rings (SSSR count). The summed E-state index contributed by atoms with van der Waals surface area (Å²) in [5.41, 5.74) is 2.68. The maximum Gasteiger partial charge on any atom is 0.259 e. The molecule has 4 nitrogen and oxygen atoms in total. The second kappa shape index (κ2) is 7.14. The number of carbonyl (C=O) groups excluding carboxylic acids is 1. The van der Waals surface area contributed by atoms with Gasteiger partial charge in [0, 0.05) is 5.69 Å². The van der Waals surface area contributed by atoms with Crippen LogP contribution in [0.2, 0.25) is 0 Å². The molecular formula is C15H13F2N3O. The van der Waals surface area contributed by atoms with E-state index in [1.807, 2.05) is 30.3 Å². The van der Waals surface area contributed by atoms with Crippen molar-refractivity contribution < 1.29 is 13.6 Å². The first kappa shape index (κ1) is 14.6. The number of halogens is 2. The molecule has 0 aromatic heterocycles. The standard InChI is InChI=1S/C15H13F2N3O/c16-13-7-4-8-14(17)12(13)9-19-20-15(21)10-18-11-5-2-1-3-6-11/h1-9,18H,10H2,(H,20,21)/b19-9-. The number of hydrazone groups is 1. The van der Waals surface area contributed by atoms with Crippen molar-refractivity contribution >= 4 is 17.8 Å². The molecule has 2 aromatic rings. The zero-order valence-electron chi connectivity index (χ0n) is 11.0. The van der Waals surface area contributed by atoms with Crippen molar-refractivity contribution in [1.29, 1.82) is 0 Å². The molecule has 0 spiro atoms. The average molecular weight is 289 g/mol. The Hall–Kier alpha value is -2.76. The number of nitrogens with zero attached hydrogens (tertiary/aromatic N) is 1. The summed E-state index contributed by atoms with van der Waals surface area (Å²) in [6.07, 6.45) is 0.936. The zero-order valence-corrected chi connectivity index (χ0v) is 11.0. The minimum absolute atomic E-state index is 0.00110. The highest BCUT2D eigenvalue weighted by Gasteiger charge is 2.05. The van der Waals surface area contributed by atoms with Gasteiger partial charge in [-0.3, -0.25) is 4.79 Å². The van der Waals surface area contributed by atoms with Gasteiger partial charge in [-0.2, -0.15) is 5.10 Å². The Morgan fingerprint density at radius 2 is 1.71 bits per heavy atom. The number of rotatable bonds is 5. The summed E-state index contributed by atoms with van der Waals surface area (Å²) in [5, 5.41) is 6.41. The number of nitrogens with one attached hydrogen (secondary N) is 2. The Labute approximate surface area is 120 Å². The predicted octanol–water partition coefficient (Wildman–Crippen LogP) is 2.53. The summed E-state index contributed by atoms with van der Waals surface area (Å²) in [6.45, 7) is 0.00110.